The summed E-state index contributed by atoms with van der Waals surface area (Å²) >= 11 is 1.44. The molecule has 20 heavy (non-hydrogen) atoms. The largest absolute Gasteiger partial charge is 0.423 e. The molecule has 5 nitrogen and oxygen atoms in total. The van der Waals surface area contributed by atoms with E-state index in [1.54, 1.807) is 23.1 Å². The molecule has 0 N–H and O–H groups in total. The summed E-state index contributed by atoms with van der Waals surface area (Å²) in [6, 6.07) is 8.41. The molecule has 0 bridgehead atoms. The highest BCUT2D eigenvalue weighted by Gasteiger charge is 2.26. The molecule has 3 rings (SSSR count). The van der Waals surface area contributed by atoms with Crippen molar-refractivity contribution < 1.29 is 9.21 Å². The Bertz CT molecular complexity index is 766. The minimum Gasteiger partial charge on any atom is -0.423 e. The molecule has 1 saturated heterocycles. The van der Waals surface area contributed by atoms with Gasteiger partial charge in [-0.05, 0) is 31.2 Å². The van der Waals surface area contributed by atoms with Crippen LogP contribution in [-0.2, 0) is 4.79 Å². The summed E-state index contributed by atoms with van der Waals surface area (Å²) in [6.45, 7) is 2.54. The van der Waals surface area contributed by atoms with E-state index in [4.69, 9.17) is 4.42 Å². The fraction of sp³-hybridized carbons (Fsp3) is 0.214. The number of hydrogen-bond acceptors (Lipinski definition) is 5. The van der Waals surface area contributed by atoms with E-state index in [1.807, 2.05) is 13.0 Å². The number of carbonyl (C=O) groups is 1. The lowest BCUT2D eigenvalue weighted by atomic mass is 10.2. The molecule has 102 valence electrons. The molecule has 6 heteroatoms. The summed E-state index contributed by atoms with van der Waals surface area (Å²) in [4.78, 5) is 28.9. The number of carbonyl (C=O) groups excluding carboxylic acids is 1. The Kier molecular flexibility index (Phi) is 3.31. The third-order valence-corrected chi connectivity index (χ3v) is 3.96. The Balaban J connectivity index is 2.01. The van der Waals surface area contributed by atoms with Crippen molar-refractivity contribution in [2.24, 2.45) is 4.99 Å². The van der Waals surface area contributed by atoms with Gasteiger partial charge in [0.2, 0.25) is 5.91 Å². The van der Waals surface area contributed by atoms with Gasteiger partial charge in [-0.3, -0.25) is 9.69 Å². The number of amidine groups is 1. The maximum atomic E-state index is 11.6. The first kappa shape index (κ1) is 12.9. The van der Waals surface area contributed by atoms with Crippen LogP contribution in [-0.4, -0.2) is 28.3 Å². The molecule has 1 fully saturated rings. The molecule has 0 radical (unpaired) electrons. The molecule has 1 aliphatic heterocycles. The molecule has 0 spiro atoms. The zero-order valence-electron chi connectivity index (χ0n) is 10.8. The molecule has 0 aliphatic carbocycles. The third-order valence-electron chi connectivity index (χ3n) is 3.00. The van der Waals surface area contributed by atoms with E-state index >= 15 is 0 Å². The summed E-state index contributed by atoms with van der Waals surface area (Å²) in [6.07, 6.45) is 0. The minimum atomic E-state index is -0.370. The Labute approximate surface area is 119 Å². The van der Waals surface area contributed by atoms with Crippen molar-refractivity contribution in [1.82, 2.24) is 4.90 Å². The van der Waals surface area contributed by atoms with Gasteiger partial charge in [-0.1, -0.05) is 11.8 Å². The smallest absolute Gasteiger partial charge is 0.336 e. The van der Waals surface area contributed by atoms with Crippen LogP contribution in [0.4, 0.5) is 5.69 Å². The minimum absolute atomic E-state index is 0.0861. The SMILES string of the molecule is CCN1C(=O)CSC1=Nc1ccc2oc(=O)ccc2c1. The van der Waals surface area contributed by atoms with Gasteiger partial charge in [0, 0.05) is 18.0 Å². The monoisotopic (exact) mass is 288 g/mol. The molecule has 1 amide bonds. The summed E-state index contributed by atoms with van der Waals surface area (Å²) in [5.74, 6) is 0.526. The Morgan fingerprint density at radius 1 is 1.30 bits per heavy atom. The fourth-order valence-electron chi connectivity index (χ4n) is 2.03. The fourth-order valence-corrected chi connectivity index (χ4v) is 3.00. The van der Waals surface area contributed by atoms with Gasteiger partial charge in [0.15, 0.2) is 5.17 Å². The number of fused-ring (bicyclic) bond motifs is 1. The van der Waals surface area contributed by atoms with Crippen LogP contribution in [0.5, 0.6) is 0 Å². The van der Waals surface area contributed by atoms with Crippen LogP contribution in [0.2, 0.25) is 0 Å². The highest BCUT2D eigenvalue weighted by atomic mass is 32.2. The predicted octanol–water partition coefficient (Wildman–Crippen LogP) is 2.38. The second kappa shape index (κ2) is 5.13. The maximum absolute atomic E-state index is 11.6. The van der Waals surface area contributed by atoms with E-state index in [0.717, 1.165) is 11.1 Å². The highest BCUT2D eigenvalue weighted by Crippen LogP contribution is 2.25. The van der Waals surface area contributed by atoms with Crippen molar-refractivity contribution in [2.75, 3.05) is 12.3 Å². The zero-order valence-corrected chi connectivity index (χ0v) is 11.6. The number of rotatable bonds is 2. The molecule has 1 aliphatic rings. The molecule has 0 atom stereocenters. The first-order valence-electron chi connectivity index (χ1n) is 6.23. The summed E-state index contributed by atoms with van der Waals surface area (Å²) in [5.41, 5.74) is 0.900. The van der Waals surface area contributed by atoms with Crippen LogP contribution in [0.15, 0.2) is 44.5 Å². The maximum Gasteiger partial charge on any atom is 0.336 e. The van der Waals surface area contributed by atoms with Gasteiger partial charge in [-0.2, -0.15) is 0 Å². The van der Waals surface area contributed by atoms with Crippen LogP contribution < -0.4 is 5.63 Å². The summed E-state index contributed by atoms with van der Waals surface area (Å²) < 4.78 is 5.07. The third kappa shape index (κ3) is 2.34. The zero-order chi connectivity index (χ0) is 14.1. The molecule has 0 unspecified atom stereocenters. The summed E-state index contributed by atoms with van der Waals surface area (Å²) in [5, 5.41) is 1.53. The van der Waals surface area contributed by atoms with Gasteiger partial charge in [-0.15, -0.1) is 0 Å². The van der Waals surface area contributed by atoms with E-state index in [2.05, 4.69) is 4.99 Å². The van der Waals surface area contributed by atoms with E-state index < -0.39 is 0 Å². The number of hydrogen-bond donors (Lipinski definition) is 0. The highest BCUT2D eigenvalue weighted by molar-refractivity contribution is 8.15. The Morgan fingerprint density at radius 2 is 2.15 bits per heavy atom. The first-order chi connectivity index (χ1) is 9.67. The van der Waals surface area contributed by atoms with Crippen molar-refractivity contribution in [3.05, 3.63) is 40.8 Å². The first-order valence-corrected chi connectivity index (χ1v) is 7.21. The van der Waals surface area contributed by atoms with Gasteiger partial charge < -0.3 is 4.42 Å². The second-order valence-electron chi connectivity index (χ2n) is 4.30. The van der Waals surface area contributed by atoms with Crippen molar-refractivity contribution in [1.29, 1.82) is 0 Å². The molecule has 1 aromatic heterocycles. The van der Waals surface area contributed by atoms with E-state index in [1.165, 1.54) is 17.8 Å². The standard InChI is InChI=1S/C14H12N2O3S/c1-2-16-12(17)8-20-14(16)15-10-4-5-11-9(7-10)3-6-13(18)19-11/h3-7H,2,8H2,1H3. The van der Waals surface area contributed by atoms with Crippen molar-refractivity contribution in [2.45, 2.75) is 6.92 Å². The van der Waals surface area contributed by atoms with Gasteiger partial charge >= 0.3 is 5.63 Å². The summed E-state index contributed by atoms with van der Waals surface area (Å²) in [7, 11) is 0. The van der Waals surface area contributed by atoms with E-state index in [9.17, 15) is 9.59 Å². The van der Waals surface area contributed by atoms with E-state index in [-0.39, 0.29) is 11.5 Å². The molecule has 2 heterocycles. The van der Waals surface area contributed by atoms with Crippen molar-refractivity contribution in [3.8, 4) is 0 Å². The number of benzene rings is 1. The molecular formula is C14H12N2O3S. The van der Waals surface area contributed by atoms with Crippen LogP contribution in [0, 0.1) is 0 Å². The average Bonchev–Trinajstić information content (AvgIpc) is 2.79. The topological polar surface area (TPSA) is 62.9 Å². The van der Waals surface area contributed by atoms with E-state index in [0.29, 0.717) is 23.0 Å². The van der Waals surface area contributed by atoms with Crippen LogP contribution >= 0.6 is 11.8 Å². The van der Waals surface area contributed by atoms with Gasteiger partial charge in [0.25, 0.3) is 0 Å². The van der Waals surface area contributed by atoms with Crippen LogP contribution in [0.1, 0.15) is 6.92 Å². The lowest BCUT2D eigenvalue weighted by Crippen LogP contribution is -2.28. The molecule has 1 aromatic carbocycles. The van der Waals surface area contributed by atoms with Gasteiger partial charge in [0.1, 0.15) is 5.58 Å². The molecular weight excluding hydrogens is 276 g/mol. The lowest BCUT2D eigenvalue weighted by molar-refractivity contribution is -0.123. The Hall–Kier alpha value is -2.08. The number of aliphatic imine (C=N–C) groups is 1. The average molecular weight is 288 g/mol. The predicted molar refractivity (Wildman–Crippen MR) is 79.4 cm³/mol. The Morgan fingerprint density at radius 3 is 2.95 bits per heavy atom. The molecule has 0 saturated carbocycles. The normalized spacial score (nSPS) is 17.4. The number of thioether (sulfide) groups is 1. The van der Waals surface area contributed by atoms with Crippen molar-refractivity contribution in [3.63, 3.8) is 0 Å². The molecule has 2 aromatic rings. The number of nitrogens with zero attached hydrogens (tertiary/aromatic N) is 2. The van der Waals surface area contributed by atoms with Crippen molar-refractivity contribution >= 4 is 39.5 Å². The second-order valence-corrected chi connectivity index (χ2v) is 5.24. The number of amides is 1. The quantitative estimate of drug-likeness (QED) is 0.796. The van der Waals surface area contributed by atoms with Crippen LogP contribution in [0.25, 0.3) is 11.0 Å². The van der Waals surface area contributed by atoms with Gasteiger partial charge in [0.05, 0.1) is 11.4 Å². The van der Waals surface area contributed by atoms with Gasteiger partial charge in [-0.25, -0.2) is 9.79 Å². The van der Waals surface area contributed by atoms with Crippen LogP contribution in [0.3, 0.4) is 0 Å². The lowest BCUT2D eigenvalue weighted by Gasteiger charge is -2.12.